The number of nitrogens with one attached hydrogen (secondary N) is 1. The highest BCUT2D eigenvalue weighted by Gasteiger charge is 2.53. The Morgan fingerprint density at radius 2 is 2.00 bits per heavy atom. The van der Waals surface area contributed by atoms with Crippen LogP contribution in [0.3, 0.4) is 0 Å². The lowest BCUT2D eigenvalue weighted by Gasteiger charge is -2.50. The molecule has 2 aliphatic rings. The highest BCUT2D eigenvalue weighted by atomic mass is 32.1. The van der Waals surface area contributed by atoms with Crippen molar-refractivity contribution >= 4 is 29.2 Å². The normalized spacial score (nSPS) is 18.9. The number of aliphatic carboxylic acids is 1. The maximum Gasteiger partial charge on any atom is 0.490 e. The molecule has 2 N–H and O–H groups in total. The van der Waals surface area contributed by atoms with Crippen LogP contribution in [0.2, 0.25) is 0 Å². The Hall–Kier alpha value is -2.73. The van der Waals surface area contributed by atoms with Gasteiger partial charge in [-0.15, -0.1) is 0 Å². The molecule has 2 aromatic heterocycles. The third-order valence-electron chi connectivity index (χ3n) is 5.60. The van der Waals surface area contributed by atoms with E-state index >= 15 is 0 Å². The predicted octanol–water partition coefficient (Wildman–Crippen LogP) is 3.14. The number of aromatic nitrogens is 2. The summed E-state index contributed by atoms with van der Waals surface area (Å²) in [6.45, 7) is 5.04. The summed E-state index contributed by atoms with van der Waals surface area (Å²) in [6.07, 6.45) is 1.11. The van der Waals surface area contributed by atoms with Gasteiger partial charge in [0.1, 0.15) is 5.60 Å². The monoisotopic (exact) mass is 486 g/mol. The van der Waals surface area contributed by atoms with E-state index in [9.17, 15) is 18.0 Å². The lowest BCUT2D eigenvalue weighted by atomic mass is 9.78. The lowest BCUT2D eigenvalue weighted by Crippen LogP contribution is -2.66. The number of likely N-dealkylation sites (tertiary alicyclic amines) is 1. The SMILES string of the molecule is Cc1cnc(NCCC2CCOC23CN(C(=O)Cc2ccsc2)C3)nc1.O=C(O)C(F)(F)F. The van der Waals surface area contributed by atoms with Gasteiger partial charge in [0.2, 0.25) is 11.9 Å². The number of carboxylic acids is 1. The highest BCUT2D eigenvalue weighted by Crippen LogP contribution is 2.41. The zero-order chi connectivity index (χ0) is 24.1. The standard InChI is InChI=1S/C19H24N4O2S.C2HF3O2/c1-14-9-21-18(22-10-14)20-5-2-16-3-6-25-19(16)12-23(13-19)17(24)8-15-4-7-26-11-15;3-2(4,5)1(6)7/h4,7,9-11,16H,2-3,5-6,8,12-13H2,1H3,(H,20,21,22);(H,6,7). The summed E-state index contributed by atoms with van der Waals surface area (Å²) < 4.78 is 37.8. The number of rotatable bonds is 6. The van der Waals surface area contributed by atoms with Crippen LogP contribution in [0.15, 0.2) is 29.2 Å². The topological polar surface area (TPSA) is 105 Å². The number of halogens is 3. The minimum atomic E-state index is -5.08. The number of nitrogens with zero attached hydrogens (tertiary/aromatic N) is 3. The molecule has 12 heteroatoms. The number of hydrogen-bond donors (Lipinski definition) is 2. The third-order valence-corrected chi connectivity index (χ3v) is 6.34. The molecule has 0 aromatic carbocycles. The summed E-state index contributed by atoms with van der Waals surface area (Å²) in [5, 5.41) is 14.5. The smallest absolute Gasteiger partial charge is 0.475 e. The van der Waals surface area contributed by atoms with E-state index in [0.29, 0.717) is 18.3 Å². The lowest BCUT2D eigenvalue weighted by molar-refractivity contribution is -0.192. The van der Waals surface area contributed by atoms with Crippen LogP contribution in [0.1, 0.15) is 24.0 Å². The van der Waals surface area contributed by atoms with E-state index in [1.54, 1.807) is 11.3 Å². The Labute approximate surface area is 192 Å². The van der Waals surface area contributed by atoms with E-state index in [1.807, 2.05) is 41.0 Å². The first kappa shape index (κ1) is 24.9. The molecule has 0 aliphatic carbocycles. The van der Waals surface area contributed by atoms with Gasteiger partial charge in [-0.25, -0.2) is 14.8 Å². The van der Waals surface area contributed by atoms with E-state index in [0.717, 1.165) is 50.2 Å². The van der Waals surface area contributed by atoms with Crippen molar-refractivity contribution in [3.63, 3.8) is 0 Å². The van der Waals surface area contributed by atoms with Gasteiger partial charge in [0, 0.05) is 25.5 Å². The van der Waals surface area contributed by atoms with Gasteiger partial charge in [0.05, 0.1) is 19.5 Å². The first-order valence-corrected chi connectivity index (χ1v) is 11.3. The van der Waals surface area contributed by atoms with Crippen molar-refractivity contribution in [2.24, 2.45) is 5.92 Å². The molecule has 2 aliphatic heterocycles. The van der Waals surface area contributed by atoms with Gasteiger partial charge in [0.15, 0.2) is 0 Å². The molecule has 1 amide bonds. The molecule has 0 radical (unpaired) electrons. The van der Waals surface area contributed by atoms with Gasteiger partial charge >= 0.3 is 12.1 Å². The largest absolute Gasteiger partial charge is 0.490 e. The number of alkyl halides is 3. The van der Waals surface area contributed by atoms with Crippen molar-refractivity contribution in [1.82, 2.24) is 14.9 Å². The summed E-state index contributed by atoms with van der Waals surface area (Å²) in [5.74, 6) is -1.41. The molecule has 33 heavy (non-hydrogen) atoms. The molecular formula is C21H25F3N4O4S. The fraction of sp³-hybridized carbons (Fsp3) is 0.524. The minimum Gasteiger partial charge on any atom is -0.475 e. The number of carbonyl (C=O) groups excluding carboxylic acids is 1. The van der Waals surface area contributed by atoms with Crippen LogP contribution in [0.4, 0.5) is 19.1 Å². The first-order chi connectivity index (χ1) is 15.6. The minimum absolute atomic E-state index is 0.139. The Kier molecular flexibility index (Phi) is 7.90. The van der Waals surface area contributed by atoms with Crippen molar-refractivity contribution in [3.05, 3.63) is 40.3 Å². The molecule has 1 unspecified atom stereocenters. The van der Waals surface area contributed by atoms with Crippen LogP contribution in [0.5, 0.6) is 0 Å². The quantitative estimate of drug-likeness (QED) is 0.646. The molecule has 2 fully saturated rings. The Morgan fingerprint density at radius 3 is 2.58 bits per heavy atom. The first-order valence-electron chi connectivity index (χ1n) is 10.3. The van der Waals surface area contributed by atoms with E-state index in [-0.39, 0.29) is 11.5 Å². The number of thiophene rings is 1. The zero-order valence-electron chi connectivity index (χ0n) is 18.0. The van der Waals surface area contributed by atoms with Gasteiger partial charge in [-0.1, -0.05) is 0 Å². The number of carboxylic acid groups (broad SMARTS) is 1. The Morgan fingerprint density at radius 1 is 1.33 bits per heavy atom. The van der Waals surface area contributed by atoms with Crippen LogP contribution < -0.4 is 5.32 Å². The summed E-state index contributed by atoms with van der Waals surface area (Å²) in [6, 6.07) is 2.02. The molecule has 0 bridgehead atoms. The zero-order valence-corrected chi connectivity index (χ0v) is 18.8. The van der Waals surface area contributed by atoms with Crippen molar-refractivity contribution in [2.75, 3.05) is 31.6 Å². The van der Waals surface area contributed by atoms with Crippen LogP contribution >= 0.6 is 11.3 Å². The highest BCUT2D eigenvalue weighted by molar-refractivity contribution is 7.08. The molecule has 4 rings (SSSR count). The van der Waals surface area contributed by atoms with Crippen LogP contribution in [-0.2, 0) is 20.7 Å². The Balaban J connectivity index is 0.000000383. The number of hydrogen-bond acceptors (Lipinski definition) is 7. The molecular weight excluding hydrogens is 461 g/mol. The number of aryl methyl sites for hydroxylation is 1. The fourth-order valence-corrected chi connectivity index (χ4v) is 4.51. The summed E-state index contributed by atoms with van der Waals surface area (Å²) in [5.41, 5.74) is 2.02. The second kappa shape index (κ2) is 10.5. The van der Waals surface area contributed by atoms with E-state index in [1.165, 1.54) is 0 Å². The van der Waals surface area contributed by atoms with Gasteiger partial charge in [0.25, 0.3) is 0 Å². The molecule has 4 heterocycles. The van der Waals surface area contributed by atoms with Gasteiger partial charge in [-0.05, 0) is 53.6 Å². The Bertz CT molecular complexity index is 932. The second-order valence-electron chi connectivity index (χ2n) is 8.06. The maximum atomic E-state index is 12.4. The van der Waals surface area contributed by atoms with Crippen LogP contribution in [0, 0.1) is 12.8 Å². The van der Waals surface area contributed by atoms with Crippen molar-refractivity contribution in [1.29, 1.82) is 0 Å². The molecule has 180 valence electrons. The third kappa shape index (κ3) is 6.64. The summed E-state index contributed by atoms with van der Waals surface area (Å²) in [4.78, 5) is 31.8. The summed E-state index contributed by atoms with van der Waals surface area (Å²) >= 11 is 1.63. The average molecular weight is 487 g/mol. The summed E-state index contributed by atoms with van der Waals surface area (Å²) in [7, 11) is 0. The van der Waals surface area contributed by atoms with Gasteiger partial charge in [-0.2, -0.15) is 24.5 Å². The van der Waals surface area contributed by atoms with Gasteiger partial charge in [-0.3, -0.25) is 4.79 Å². The van der Waals surface area contributed by atoms with Crippen molar-refractivity contribution < 1.29 is 32.6 Å². The molecule has 1 spiro atoms. The fourth-order valence-electron chi connectivity index (χ4n) is 3.84. The number of ether oxygens (including phenoxy) is 1. The van der Waals surface area contributed by atoms with Crippen LogP contribution in [-0.4, -0.2) is 69.9 Å². The molecule has 2 aromatic rings. The molecule has 1 atom stereocenters. The number of carbonyl (C=O) groups is 2. The van der Waals surface area contributed by atoms with Crippen molar-refractivity contribution in [3.8, 4) is 0 Å². The number of anilines is 1. The van der Waals surface area contributed by atoms with Crippen molar-refractivity contribution in [2.45, 2.75) is 38.0 Å². The average Bonchev–Trinajstić information content (AvgIpc) is 3.38. The van der Waals surface area contributed by atoms with Gasteiger partial charge < -0.3 is 20.1 Å². The van der Waals surface area contributed by atoms with E-state index in [2.05, 4.69) is 15.3 Å². The van der Waals surface area contributed by atoms with E-state index < -0.39 is 12.1 Å². The molecule has 0 saturated carbocycles. The predicted molar refractivity (Wildman–Crippen MR) is 115 cm³/mol. The second-order valence-corrected chi connectivity index (χ2v) is 8.84. The molecule has 2 saturated heterocycles. The maximum absolute atomic E-state index is 12.4. The number of amides is 1. The van der Waals surface area contributed by atoms with Crippen LogP contribution in [0.25, 0.3) is 0 Å². The van der Waals surface area contributed by atoms with E-state index in [4.69, 9.17) is 14.6 Å². The molecule has 8 nitrogen and oxygen atoms in total.